The molecule has 0 unspecified atom stereocenters. The van der Waals surface area contributed by atoms with E-state index in [0.717, 1.165) is 11.3 Å². The van der Waals surface area contributed by atoms with Crippen molar-refractivity contribution in [2.45, 2.75) is 13.0 Å². The molecule has 1 aromatic carbocycles. The molecule has 2 heterocycles. The van der Waals surface area contributed by atoms with Crippen LogP contribution in [0.4, 0.5) is 4.39 Å². The molecule has 2 atom stereocenters. The Balaban J connectivity index is 1.78. The minimum atomic E-state index is -0.545. The summed E-state index contributed by atoms with van der Waals surface area (Å²) in [5.41, 5.74) is 0.506. The van der Waals surface area contributed by atoms with Crippen LogP contribution >= 0.6 is 22.9 Å². The number of rotatable bonds is 3. The average molecular weight is 354 g/mol. The van der Waals surface area contributed by atoms with Gasteiger partial charge in [-0.05, 0) is 18.2 Å². The second-order valence-electron chi connectivity index (χ2n) is 5.36. The number of hydrogen-bond acceptors (Lipinski definition) is 4. The highest BCUT2D eigenvalue weighted by molar-refractivity contribution is 7.16. The predicted molar refractivity (Wildman–Crippen MR) is 85.9 cm³/mol. The smallest absolute Gasteiger partial charge is 0.263 e. The molecule has 23 heavy (non-hydrogen) atoms. The van der Waals surface area contributed by atoms with Gasteiger partial charge in [0.05, 0.1) is 6.20 Å². The summed E-state index contributed by atoms with van der Waals surface area (Å²) in [6, 6.07) is 3.54. The summed E-state index contributed by atoms with van der Waals surface area (Å²) in [5, 5.41) is 6.15. The van der Waals surface area contributed by atoms with Crippen molar-refractivity contribution < 1.29 is 14.0 Å². The fourth-order valence-electron chi connectivity index (χ4n) is 2.36. The third-order valence-corrected chi connectivity index (χ3v) is 4.84. The minimum Gasteiger partial charge on any atom is -0.354 e. The predicted octanol–water partition coefficient (Wildman–Crippen LogP) is 2.47. The summed E-state index contributed by atoms with van der Waals surface area (Å²) in [5.74, 6) is -0.997. The van der Waals surface area contributed by atoms with Gasteiger partial charge in [0.2, 0.25) is 5.91 Å². The molecule has 1 aliphatic heterocycles. The molecule has 5 nitrogen and oxygen atoms in total. The largest absolute Gasteiger partial charge is 0.354 e. The first-order chi connectivity index (χ1) is 10.9. The second kappa shape index (κ2) is 6.25. The summed E-state index contributed by atoms with van der Waals surface area (Å²) < 4.78 is 13.4. The molecule has 0 saturated carbocycles. The van der Waals surface area contributed by atoms with E-state index in [1.807, 2.05) is 6.92 Å². The Labute approximate surface area is 140 Å². The fourth-order valence-corrected chi connectivity index (χ4v) is 3.39. The normalized spacial score (nSPS) is 20.4. The monoisotopic (exact) mass is 353 g/mol. The highest BCUT2D eigenvalue weighted by Crippen LogP contribution is 2.28. The molecule has 2 N–H and O–H groups in total. The molecule has 2 aromatic rings. The lowest BCUT2D eigenvalue weighted by atomic mass is 10.1. The van der Waals surface area contributed by atoms with E-state index < -0.39 is 11.9 Å². The molecule has 2 amide bonds. The summed E-state index contributed by atoms with van der Waals surface area (Å²) in [6.45, 7) is 2.43. The fraction of sp³-hybridized carbons (Fsp3) is 0.267. The Morgan fingerprint density at radius 2 is 2.26 bits per heavy atom. The third kappa shape index (κ3) is 3.35. The van der Waals surface area contributed by atoms with Crippen molar-refractivity contribution in [2.24, 2.45) is 5.92 Å². The first-order valence-electron chi connectivity index (χ1n) is 6.95. The second-order valence-corrected chi connectivity index (χ2v) is 6.83. The summed E-state index contributed by atoms with van der Waals surface area (Å²) in [6.07, 6.45) is 1.41. The van der Waals surface area contributed by atoms with E-state index in [9.17, 15) is 14.0 Å². The van der Waals surface area contributed by atoms with Crippen molar-refractivity contribution in [3.05, 3.63) is 40.1 Å². The van der Waals surface area contributed by atoms with Gasteiger partial charge >= 0.3 is 0 Å². The van der Waals surface area contributed by atoms with Crippen LogP contribution in [0.1, 0.15) is 16.6 Å². The zero-order valence-electron chi connectivity index (χ0n) is 12.1. The van der Waals surface area contributed by atoms with E-state index in [1.165, 1.54) is 18.3 Å². The number of aromatic nitrogens is 1. The van der Waals surface area contributed by atoms with Gasteiger partial charge in [0.1, 0.15) is 21.7 Å². The quantitative estimate of drug-likeness (QED) is 0.890. The van der Waals surface area contributed by atoms with Gasteiger partial charge in [0.25, 0.3) is 5.91 Å². The SMILES string of the molecule is C[C@H]1CNC(=O)[C@H]1NC(=O)c1cnc(-c2cc(F)cc(Cl)c2)s1. The Morgan fingerprint density at radius 3 is 2.91 bits per heavy atom. The lowest BCUT2D eigenvalue weighted by molar-refractivity contribution is -0.121. The molecule has 8 heteroatoms. The van der Waals surface area contributed by atoms with Crippen LogP contribution in [-0.4, -0.2) is 29.4 Å². The average Bonchev–Trinajstić information content (AvgIpc) is 3.09. The van der Waals surface area contributed by atoms with Gasteiger partial charge in [-0.1, -0.05) is 18.5 Å². The summed E-state index contributed by atoms with van der Waals surface area (Å²) >= 11 is 6.95. The maximum Gasteiger partial charge on any atom is 0.263 e. The van der Waals surface area contributed by atoms with Crippen molar-refractivity contribution in [2.75, 3.05) is 6.54 Å². The zero-order chi connectivity index (χ0) is 16.6. The van der Waals surface area contributed by atoms with Gasteiger partial charge in [-0.15, -0.1) is 11.3 Å². The van der Waals surface area contributed by atoms with Gasteiger partial charge in [0.15, 0.2) is 0 Å². The van der Waals surface area contributed by atoms with Gasteiger partial charge in [-0.25, -0.2) is 9.37 Å². The van der Waals surface area contributed by atoms with Crippen LogP contribution in [-0.2, 0) is 4.79 Å². The molecule has 3 rings (SSSR count). The molecular formula is C15H13ClFN3O2S. The standard InChI is InChI=1S/C15H13ClFN3O2S/c1-7-5-18-14(22)12(7)20-13(21)11-6-19-15(23-11)8-2-9(16)4-10(17)3-8/h2-4,6-7,12H,5H2,1H3,(H,18,22)(H,20,21)/t7-,12-/m0/s1. The van der Waals surface area contributed by atoms with Crippen molar-refractivity contribution in [1.82, 2.24) is 15.6 Å². The molecule has 0 radical (unpaired) electrons. The van der Waals surface area contributed by atoms with Crippen LogP contribution < -0.4 is 10.6 Å². The number of nitrogens with zero attached hydrogens (tertiary/aromatic N) is 1. The van der Waals surface area contributed by atoms with Gasteiger partial charge in [-0.3, -0.25) is 9.59 Å². The van der Waals surface area contributed by atoms with E-state index in [-0.39, 0.29) is 22.8 Å². The number of nitrogens with one attached hydrogen (secondary N) is 2. The van der Waals surface area contributed by atoms with Gasteiger partial charge < -0.3 is 10.6 Å². The van der Waals surface area contributed by atoms with Crippen molar-refractivity contribution in [3.8, 4) is 10.6 Å². The Bertz CT molecular complexity index is 760. The molecule has 0 bridgehead atoms. The van der Waals surface area contributed by atoms with Crippen LogP contribution in [0.5, 0.6) is 0 Å². The van der Waals surface area contributed by atoms with E-state index in [0.29, 0.717) is 22.0 Å². The number of amides is 2. The maximum absolute atomic E-state index is 13.4. The molecular weight excluding hydrogens is 341 g/mol. The lowest BCUT2D eigenvalue weighted by Gasteiger charge is -2.13. The zero-order valence-corrected chi connectivity index (χ0v) is 13.7. The maximum atomic E-state index is 13.4. The third-order valence-electron chi connectivity index (χ3n) is 3.58. The molecule has 1 fully saturated rings. The Morgan fingerprint density at radius 1 is 1.48 bits per heavy atom. The number of hydrogen-bond donors (Lipinski definition) is 2. The number of thiazole rings is 1. The Hall–Kier alpha value is -1.99. The molecule has 0 aliphatic carbocycles. The first kappa shape index (κ1) is 15.9. The molecule has 0 spiro atoms. The Kier molecular flexibility index (Phi) is 4.32. The lowest BCUT2D eigenvalue weighted by Crippen LogP contribution is -2.42. The number of halogens is 2. The van der Waals surface area contributed by atoms with E-state index in [2.05, 4.69) is 15.6 Å². The summed E-state index contributed by atoms with van der Waals surface area (Å²) in [4.78, 5) is 28.4. The van der Waals surface area contributed by atoms with Gasteiger partial charge in [0, 0.05) is 23.0 Å². The molecule has 1 saturated heterocycles. The van der Waals surface area contributed by atoms with Crippen LogP contribution in [0.3, 0.4) is 0 Å². The van der Waals surface area contributed by atoms with Crippen molar-refractivity contribution in [1.29, 1.82) is 0 Å². The van der Waals surface area contributed by atoms with E-state index in [4.69, 9.17) is 11.6 Å². The number of carbonyl (C=O) groups is 2. The number of carbonyl (C=O) groups excluding carboxylic acids is 2. The highest BCUT2D eigenvalue weighted by atomic mass is 35.5. The van der Waals surface area contributed by atoms with Crippen LogP contribution in [0.2, 0.25) is 5.02 Å². The molecule has 1 aromatic heterocycles. The molecule has 120 valence electrons. The first-order valence-corrected chi connectivity index (χ1v) is 8.14. The summed E-state index contributed by atoms with van der Waals surface area (Å²) in [7, 11) is 0. The molecule has 1 aliphatic rings. The van der Waals surface area contributed by atoms with Crippen LogP contribution in [0.15, 0.2) is 24.4 Å². The highest BCUT2D eigenvalue weighted by Gasteiger charge is 2.33. The van der Waals surface area contributed by atoms with Crippen LogP contribution in [0, 0.1) is 11.7 Å². The van der Waals surface area contributed by atoms with Gasteiger partial charge in [-0.2, -0.15) is 0 Å². The minimum absolute atomic E-state index is 0.0286. The van der Waals surface area contributed by atoms with Crippen molar-refractivity contribution >= 4 is 34.8 Å². The number of benzene rings is 1. The van der Waals surface area contributed by atoms with Crippen molar-refractivity contribution in [3.63, 3.8) is 0 Å². The van der Waals surface area contributed by atoms with Crippen LogP contribution in [0.25, 0.3) is 10.6 Å². The van der Waals surface area contributed by atoms with E-state index in [1.54, 1.807) is 6.07 Å². The topological polar surface area (TPSA) is 71.1 Å². The van der Waals surface area contributed by atoms with E-state index >= 15 is 0 Å².